The summed E-state index contributed by atoms with van der Waals surface area (Å²) < 4.78 is 19.8. The van der Waals surface area contributed by atoms with Crippen LogP contribution in [0, 0.1) is 18.7 Å². The minimum absolute atomic E-state index is 0.00555. The van der Waals surface area contributed by atoms with Crippen molar-refractivity contribution in [1.29, 1.82) is 0 Å². The van der Waals surface area contributed by atoms with Gasteiger partial charge in [-0.25, -0.2) is 4.39 Å². The molecule has 2 aliphatic heterocycles. The predicted octanol–water partition coefficient (Wildman–Crippen LogP) is 1.54. The van der Waals surface area contributed by atoms with Crippen molar-refractivity contribution in [2.45, 2.75) is 13.0 Å². The molecule has 1 aromatic rings. The Labute approximate surface area is 124 Å². The van der Waals surface area contributed by atoms with Gasteiger partial charge in [-0.15, -0.1) is 0 Å². The first-order chi connectivity index (χ1) is 10.1. The van der Waals surface area contributed by atoms with E-state index in [0.717, 1.165) is 13.1 Å². The molecule has 21 heavy (non-hydrogen) atoms. The number of likely N-dealkylation sites (N-methyl/N-ethyl adjacent to an activating group) is 1. The first kappa shape index (κ1) is 14.5. The smallest absolute Gasteiger partial charge is 0.257 e. The molecule has 2 heterocycles. The summed E-state index contributed by atoms with van der Waals surface area (Å²) in [6.45, 7) is 5.30. The van der Waals surface area contributed by atoms with Crippen LogP contribution in [-0.4, -0.2) is 61.6 Å². The second-order valence-electron chi connectivity index (χ2n) is 6.17. The van der Waals surface area contributed by atoms with E-state index in [9.17, 15) is 9.18 Å². The first-order valence-corrected chi connectivity index (χ1v) is 7.38. The largest absolute Gasteiger partial charge is 0.379 e. The van der Waals surface area contributed by atoms with Crippen LogP contribution in [0.5, 0.6) is 0 Å². The van der Waals surface area contributed by atoms with E-state index in [2.05, 4.69) is 11.9 Å². The fourth-order valence-corrected chi connectivity index (χ4v) is 3.37. The van der Waals surface area contributed by atoms with Gasteiger partial charge in [-0.3, -0.25) is 4.79 Å². The third-order valence-electron chi connectivity index (χ3n) is 4.35. The highest BCUT2D eigenvalue weighted by molar-refractivity contribution is 5.96. The van der Waals surface area contributed by atoms with Crippen LogP contribution in [0.3, 0.4) is 0 Å². The summed E-state index contributed by atoms with van der Waals surface area (Å²) >= 11 is 0. The van der Waals surface area contributed by atoms with E-state index < -0.39 is 5.82 Å². The van der Waals surface area contributed by atoms with E-state index in [4.69, 9.17) is 4.74 Å². The number of rotatable bonds is 1. The molecule has 0 radical (unpaired) electrons. The Kier molecular flexibility index (Phi) is 3.95. The number of benzene rings is 1. The normalized spacial score (nSPS) is 26.5. The van der Waals surface area contributed by atoms with E-state index >= 15 is 0 Å². The summed E-state index contributed by atoms with van der Waals surface area (Å²) in [4.78, 5) is 16.9. The average Bonchev–Trinajstić information content (AvgIpc) is 2.68. The van der Waals surface area contributed by atoms with Crippen LogP contribution in [0.25, 0.3) is 0 Å². The molecule has 0 N–H and O–H groups in total. The molecule has 0 aliphatic carbocycles. The molecular formula is C16H21FN2O2. The quantitative estimate of drug-likeness (QED) is 0.787. The molecule has 0 spiro atoms. The van der Waals surface area contributed by atoms with Crippen LogP contribution in [0.4, 0.5) is 4.39 Å². The molecule has 2 saturated heterocycles. The standard InChI is InChI=1S/C16H21FN2O2/c1-11-4-3-5-14(17)15(11)16(20)19-7-12-6-18(2)8-13(19)10-21-9-12/h3-5,12-13H,6-10H2,1-2H3/t12-,13-/m0/s1. The van der Waals surface area contributed by atoms with Gasteiger partial charge in [0.1, 0.15) is 5.82 Å². The molecule has 2 bridgehead atoms. The Hall–Kier alpha value is -1.46. The molecule has 114 valence electrons. The molecule has 0 saturated carbocycles. The van der Waals surface area contributed by atoms with Crippen molar-refractivity contribution < 1.29 is 13.9 Å². The van der Waals surface area contributed by atoms with Crippen molar-refractivity contribution in [2.24, 2.45) is 5.92 Å². The second-order valence-corrected chi connectivity index (χ2v) is 6.17. The maximum atomic E-state index is 14.1. The molecular weight excluding hydrogens is 271 g/mol. The lowest BCUT2D eigenvalue weighted by molar-refractivity contribution is 0.0480. The van der Waals surface area contributed by atoms with Crippen molar-refractivity contribution in [3.05, 3.63) is 35.1 Å². The number of amides is 1. The lowest BCUT2D eigenvalue weighted by Gasteiger charge is -2.30. The SMILES string of the molecule is Cc1cccc(F)c1C(=O)N1C[C@H]2COC[C@@H]1CN(C)C2. The van der Waals surface area contributed by atoms with Crippen LogP contribution >= 0.6 is 0 Å². The zero-order valence-corrected chi connectivity index (χ0v) is 12.5. The molecule has 0 unspecified atom stereocenters. The Bertz CT molecular complexity index is 529. The highest BCUT2D eigenvalue weighted by atomic mass is 19.1. The number of carbonyl (C=O) groups excluding carboxylic acids is 1. The number of ether oxygens (including phenoxy) is 1. The number of nitrogens with zero attached hydrogens (tertiary/aromatic N) is 2. The van der Waals surface area contributed by atoms with Gasteiger partial charge in [0.15, 0.2) is 0 Å². The second kappa shape index (κ2) is 5.73. The van der Waals surface area contributed by atoms with E-state index in [0.29, 0.717) is 31.2 Å². The van der Waals surface area contributed by atoms with Crippen molar-refractivity contribution in [1.82, 2.24) is 9.80 Å². The average molecular weight is 292 g/mol. The van der Waals surface area contributed by atoms with E-state index in [1.165, 1.54) is 6.07 Å². The highest BCUT2D eigenvalue weighted by Crippen LogP contribution is 2.23. The van der Waals surface area contributed by atoms with Gasteiger partial charge in [0, 0.05) is 25.6 Å². The fraction of sp³-hybridized carbons (Fsp3) is 0.562. The Morgan fingerprint density at radius 2 is 2.10 bits per heavy atom. The number of fused-ring (bicyclic) bond motifs is 3. The van der Waals surface area contributed by atoms with Crippen LogP contribution in [0.1, 0.15) is 15.9 Å². The van der Waals surface area contributed by atoms with Gasteiger partial charge < -0.3 is 14.5 Å². The van der Waals surface area contributed by atoms with E-state index in [1.54, 1.807) is 19.1 Å². The van der Waals surface area contributed by atoms with Crippen molar-refractivity contribution in [3.63, 3.8) is 0 Å². The van der Waals surface area contributed by atoms with Gasteiger partial charge in [0.05, 0.1) is 24.8 Å². The minimum Gasteiger partial charge on any atom is -0.379 e. The van der Waals surface area contributed by atoms with E-state index in [-0.39, 0.29) is 17.5 Å². The summed E-state index contributed by atoms with van der Waals surface area (Å²) in [6.07, 6.45) is 0. The lowest BCUT2D eigenvalue weighted by Crippen LogP contribution is -2.46. The predicted molar refractivity (Wildman–Crippen MR) is 77.8 cm³/mol. The zero-order chi connectivity index (χ0) is 15.0. The molecule has 1 aromatic carbocycles. The lowest BCUT2D eigenvalue weighted by atomic mass is 10.0. The van der Waals surface area contributed by atoms with Crippen molar-refractivity contribution >= 4 is 5.91 Å². The number of aryl methyl sites for hydroxylation is 1. The molecule has 4 nitrogen and oxygen atoms in total. The molecule has 1 amide bonds. The summed E-state index contributed by atoms with van der Waals surface area (Å²) in [7, 11) is 2.06. The van der Waals surface area contributed by atoms with Gasteiger partial charge in [0.2, 0.25) is 0 Å². The van der Waals surface area contributed by atoms with Gasteiger partial charge in [0.25, 0.3) is 5.91 Å². The Morgan fingerprint density at radius 3 is 2.86 bits per heavy atom. The summed E-state index contributed by atoms with van der Waals surface area (Å²) in [5, 5.41) is 0. The molecule has 2 atom stereocenters. The van der Waals surface area contributed by atoms with Crippen molar-refractivity contribution in [3.8, 4) is 0 Å². The van der Waals surface area contributed by atoms with Crippen LogP contribution in [0.15, 0.2) is 18.2 Å². The maximum absolute atomic E-state index is 14.1. The minimum atomic E-state index is -0.437. The molecule has 5 heteroatoms. The highest BCUT2D eigenvalue weighted by Gasteiger charge is 2.36. The molecule has 3 rings (SSSR count). The summed E-state index contributed by atoms with van der Waals surface area (Å²) in [5.74, 6) is -0.354. The number of hydrogen-bond donors (Lipinski definition) is 0. The van der Waals surface area contributed by atoms with E-state index in [1.807, 2.05) is 4.90 Å². The van der Waals surface area contributed by atoms with Gasteiger partial charge in [-0.05, 0) is 25.6 Å². The molecule has 2 fully saturated rings. The topological polar surface area (TPSA) is 32.8 Å². The van der Waals surface area contributed by atoms with Gasteiger partial charge in [-0.1, -0.05) is 12.1 Å². The van der Waals surface area contributed by atoms with Crippen LogP contribution < -0.4 is 0 Å². The fourth-order valence-electron chi connectivity index (χ4n) is 3.37. The number of carbonyl (C=O) groups is 1. The summed E-state index contributed by atoms with van der Waals surface area (Å²) in [6, 6.07) is 4.77. The monoisotopic (exact) mass is 292 g/mol. The number of hydrogen-bond acceptors (Lipinski definition) is 3. The number of halogens is 1. The first-order valence-electron chi connectivity index (χ1n) is 7.38. The molecule has 0 aromatic heterocycles. The van der Waals surface area contributed by atoms with Crippen LogP contribution in [0.2, 0.25) is 0 Å². The summed E-state index contributed by atoms with van der Waals surface area (Å²) in [5.41, 5.74) is 0.890. The van der Waals surface area contributed by atoms with Crippen LogP contribution in [-0.2, 0) is 4.74 Å². The third-order valence-corrected chi connectivity index (χ3v) is 4.35. The molecule has 2 aliphatic rings. The Balaban J connectivity index is 1.93. The van der Waals surface area contributed by atoms with Gasteiger partial charge in [-0.2, -0.15) is 0 Å². The zero-order valence-electron chi connectivity index (χ0n) is 12.5. The third kappa shape index (κ3) is 2.80. The van der Waals surface area contributed by atoms with Gasteiger partial charge >= 0.3 is 0 Å². The Morgan fingerprint density at radius 1 is 1.29 bits per heavy atom. The maximum Gasteiger partial charge on any atom is 0.257 e. The van der Waals surface area contributed by atoms with Crippen molar-refractivity contribution in [2.75, 3.05) is 39.9 Å².